The molecule has 3 rings (SSSR count). The molecule has 1 fully saturated rings. The highest BCUT2D eigenvalue weighted by Crippen LogP contribution is 2.19. The van der Waals surface area contributed by atoms with Gasteiger partial charge in [-0.1, -0.05) is 12.1 Å². The van der Waals surface area contributed by atoms with E-state index in [4.69, 9.17) is 4.74 Å². The Hall–Kier alpha value is -1.92. The fourth-order valence-electron chi connectivity index (χ4n) is 2.38. The SMILES string of the molecule is O=C(c1cccc2cn[nH]c12)N1CCOC[C@H]1CO. The molecule has 1 aromatic carbocycles. The van der Waals surface area contributed by atoms with Crippen molar-refractivity contribution in [2.24, 2.45) is 0 Å². The number of para-hydroxylation sites is 1. The van der Waals surface area contributed by atoms with Crippen molar-refractivity contribution in [3.8, 4) is 0 Å². The number of hydrogen-bond donors (Lipinski definition) is 2. The molecule has 6 nitrogen and oxygen atoms in total. The number of fused-ring (bicyclic) bond motifs is 1. The lowest BCUT2D eigenvalue weighted by Crippen LogP contribution is -2.50. The molecule has 2 aromatic rings. The average molecular weight is 261 g/mol. The topological polar surface area (TPSA) is 78.5 Å². The van der Waals surface area contributed by atoms with Crippen molar-refractivity contribution in [1.29, 1.82) is 0 Å². The first-order chi connectivity index (χ1) is 9.31. The number of morpholine rings is 1. The molecule has 6 heteroatoms. The molecule has 2 N–H and O–H groups in total. The summed E-state index contributed by atoms with van der Waals surface area (Å²) in [4.78, 5) is 14.3. The van der Waals surface area contributed by atoms with Crippen LogP contribution in [-0.4, -0.2) is 58.5 Å². The van der Waals surface area contributed by atoms with Crippen LogP contribution in [-0.2, 0) is 4.74 Å². The molecule has 1 aromatic heterocycles. The zero-order valence-electron chi connectivity index (χ0n) is 10.4. The Labute approximate surface area is 110 Å². The van der Waals surface area contributed by atoms with Gasteiger partial charge in [-0.2, -0.15) is 5.10 Å². The third kappa shape index (κ3) is 2.09. The number of aromatic nitrogens is 2. The number of hydrogen-bond acceptors (Lipinski definition) is 4. The summed E-state index contributed by atoms with van der Waals surface area (Å²) in [5.74, 6) is -0.0998. The van der Waals surface area contributed by atoms with Crippen LogP contribution in [0.15, 0.2) is 24.4 Å². The zero-order valence-corrected chi connectivity index (χ0v) is 10.4. The molecule has 1 amide bonds. The predicted octanol–water partition coefficient (Wildman–Crippen LogP) is 0.396. The second-order valence-corrected chi connectivity index (χ2v) is 4.55. The van der Waals surface area contributed by atoms with Gasteiger partial charge in [0.1, 0.15) is 0 Å². The van der Waals surface area contributed by atoms with E-state index in [-0.39, 0.29) is 18.6 Å². The molecule has 2 heterocycles. The summed E-state index contributed by atoms with van der Waals surface area (Å²) >= 11 is 0. The van der Waals surface area contributed by atoms with Gasteiger partial charge in [0.25, 0.3) is 5.91 Å². The first kappa shape index (κ1) is 12.1. The molecule has 0 saturated carbocycles. The van der Waals surface area contributed by atoms with Gasteiger partial charge in [-0.25, -0.2) is 0 Å². The molecular formula is C13H15N3O3. The van der Waals surface area contributed by atoms with Crippen molar-refractivity contribution in [2.75, 3.05) is 26.4 Å². The minimum absolute atomic E-state index is 0.0926. The van der Waals surface area contributed by atoms with Crippen LogP contribution in [0.25, 0.3) is 10.9 Å². The van der Waals surface area contributed by atoms with Crippen molar-refractivity contribution in [3.05, 3.63) is 30.0 Å². The smallest absolute Gasteiger partial charge is 0.256 e. The highest BCUT2D eigenvalue weighted by Gasteiger charge is 2.28. The van der Waals surface area contributed by atoms with Crippen molar-refractivity contribution in [1.82, 2.24) is 15.1 Å². The van der Waals surface area contributed by atoms with E-state index in [9.17, 15) is 9.90 Å². The number of amides is 1. The average Bonchev–Trinajstić information content (AvgIpc) is 2.94. The number of aliphatic hydroxyl groups excluding tert-OH is 1. The van der Waals surface area contributed by atoms with E-state index in [2.05, 4.69) is 10.2 Å². The van der Waals surface area contributed by atoms with Crippen molar-refractivity contribution in [3.63, 3.8) is 0 Å². The van der Waals surface area contributed by atoms with Crippen LogP contribution in [0.4, 0.5) is 0 Å². The van der Waals surface area contributed by atoms with Gasteiger partial charge in [-0.15, -0.1) is 0 Å². The molecule has 0 bridgehead atoms. The maximum absolute atomic E-state index is 12.6. The summed E-state index contributed by atoms with van der Waals surface area (Å²) in [6, 6.07) is 5.23. The molecule has 19 heavy (non-hydrogen) atoms. The van der Waals surface area contributed by atoms with E-state index >= 15 is 0 Å². The van der Waals surface area contributed by atoms with E-state index in [1.807, 2.05) is 12.1 Å². The first-order valence-corrected chi connectivity index (χ1v) is 6.23. The molecule has 1 aliphatic rings. The number of aliphatic hydroxyl groups is 1. The molecule has 100 valence electrons. The molecule has 0 unspecified atom stereocenters. The van der Waals surface area contributed by atoms with Gasteiger partial charge in [0.2, 0.25) is 0 Å². The lowest BCUT2D eigenvalue weighted by molar-refractivity contribution is -0.0183. The minimum atomic E-state index is -0.278. The second kappa shape index (κ2) is 4.99. The molecule has 0 radical (unpaired) electrons. The Kier molecular flexibility index (Phi) is 3.18. The third-order valence-electron chi connectivity index (χ3n) is 3.41. The summed E-state index contributed by atoms with van der Waals surface area (Å²) in [5.41, 5.74) is 1.31. The van der Waals surface area contributed by atoms with Gasteiger partial charge < -0.3 is 14.7 Å². The maximum Gasteiger partial charge on any atom is 0.256 e. The number of H-pyrrole nitrogens is 1. The van der Waals surface area contributed by atoms with Crippen LogP contribution in [0, 0.1) is 0 Å². The largest absolute Gasteiger partial charge is 0.394 e. The van der Waals surface area contributed by atoms with Gasteiger partial charge in [0.05, 0.1) is 43.1 Å². The molecule has 1 atom stereocenters. The summed E-state index contributed by atoms with van der Waals surface area (Å²) < 4.78 is 5.29. The third-order valence-corrected chi connectivity index (χ3v) is 3.41. The number of benzene rings is 1. The normalized spacial score (nSPS) is 19.8. The van der Waals surface area contributed by atoms with Gasteiger partial charge in [0, 0.05) is 11.9 Å². The fraction of sp³-hybridized carbons (Fsp3) is 0.385. The molecule has 1 saturated heterocycles. The van der Waals surface area contributed by atoms with Gasteiger partial charge >= 0.3 is 0 Å². The fourth-order valence-corrected chi connectivity index (χ4v) is 2.38. The second-order valence-electron chi connectivity index (χ2n) is 4.55. The minimum Gasteiger partial charge on any atom is -0.394 e. The number of ether oxygens (including phenoxy) is 1. The van der Waals surface area contributed by atoms with E-state index in [0.717, 1.165) is 10.9 Å². The summed E-state index contributed by atoms with van der Waals surface area (Å²) in [5, 5.41) is 17.0. The van der Waals surface area contributed by atoms with Crippen molar-refractivity contribution in [2.45, 2.75) is 6.04 Å². The summed E-state index contributed by atoms with van der Waals surface area (Å²) in [7, 11) is 0. The summed E-state index contributed by atoms with van der Waals surface area (Å²) in [6.07, 6.45) is 1.69. The maximum atomic E-state index is 12.6. The van der Waals surface area contributed by atoms with Crippen molar-refractivity contribution >= 4 is 16.8 Å². The monoisotopic (exact) mass is 261 g/mol. The molecule has 0 spiro atoms. The van der Waals surface area contributed by atoms with Gasteiger partial charge in [0.15, 0.2) is 0 Å². The number of carbonyl (C=O) groups excluding carboxylic acids is 1. The molecule has 0 aliphatic carbocycles. The number of carbonyl (C=O) groups is 1. The van der Waals surface area contributed by atoms with Crippen molar-refractivity contribution < 1.29 is 14.6 Å². The van der Waals surface area contributed by atoms with E-state index in [0.29, 0.717) is 25.3 Å². The predicted molar refractivity (Wildman–Crippen MR) is 68.8 cm³/mol. The Morgan fingerprint density at radius 1 is 1.58 bits per heavy atom. The Morgan fingerprint density at radius 3 is 3.32 bits per heavy atom. The van der Waals surface area contributed by atoms with Gasteiger partial charge in [-0.05, 0) is 6.07 Å². The zero-order chi connectivity index (χ0) is 13.2. The van der Waals surface area contributed by atoms with Crippen LogP contribution in [0.5, 0.6) is 0 Å². The Balaban J connectivity index is 1.96. The molecular weight excluding hydrogens is 246 g/mol. The lowest BCUT2D eigenvalue weighted by atomic mass is 10.1. The number of rotatable bonds is 2. The highest BCUT2D eigenvalue weighted by molar-refractivity contribution is 6.05. The number of nitrogens with zero attached hydrogens (tertiary/aromatic N) is 2. The van der Waals surface area contributed by atoms with Crippen LogP contribution in [0.1, 0.15) is 10.4 Å². The lowest BCUT2D eigenvalue weighted by Gasteiger charge is -2.34. The highest BCUT2D eigenvalue weighted by atomic mass is 16.5. The van der Waals surface area contributed by atoms with Crippen LogP contribution < -0.4 is 0 Å². The quantitative estimate of drug-likeness (QED) is 0.820. The number of nitrogens with one attached hydrogen (secondary N) is 1. The van der Waals surface area contributed by atoms with E-state index < -0.39 is 0 Å². The van der Waals surface area contributed by atoms with E-state index in [1.165, 1.54) is 0 Å². The molecule has 1 aliphatic heterocycles. The Morgan fingerprint density at radius 2 is 2.47 bits per heavy atom. The van der Waals surface area contributed by atoms with Crippen LogP contribution in [0.2, 0.25) is 0 Å². The van der Waals surface area contributed by atoms with E-state index in [1.54, 1.807) is 17.2 Å². The van der Waals surface area contributed by atoms with Crippen LogP contribution in [0.3, 0.4) is 0 Å². The first-order valence-electron chi connectivity index (χ1n) is 6.23. The summed E-state index contributed by atoms with van der Waals surface area (Å²) in [6.45, 7) is 1.28. The van der Waals surface area contributed by atoms with Gasteiger partial charge in [-0.3, -0.25) is 9.89 Å². The van der Waals surface area contributed by atoms with Crippen LogP contribution >= 0.6 is 0 Å². The number of aromatic amines is 1. The standard InChI is InChI=1S/C13H15N3O3/c17-7-10-8-19-5-4-16(10)13(18)11-3-1-2-9-6-14-15-12(9)11/h1-3,6,10,17H,4-5,7-8H2,(H,14,15)/t10-/m1/s1. The Bertz CT molecular complexity index is 596.